The molecule has 0 spiro atoms. The van der Waals surface area contributed by atoms with Gasteiger partial charge in [0.2, 0.25) is 0 Å². The van der Waals surface area contributed by atoms with Crippen molar-refractivity contribution in [3.63, 3.8) is 0 Å². The molecule has 1 saturated carbocycles. The Bertz CT molecular complexity index is 723. The Morgan fingerprint density at radius 3 is 2.52 bits per heavy atom. The Kier molecular flexibility index (Phi) is 5.12. The van der Waals surface area contributed by atoms with Gasteiger partial charge < -0.3 is 9.47 Å². The molecule has 1 fully saturated rings. The molecule has 0 aliphatic heterocycles. The Morgan fingerprint density at radius 1 is 1.12 bits per heavy atom. The van der Waals surface area contributed by atoms with Crippen molar-refractivity contribution in [2.45, 2.75) is 46.5 Å². The summed E-state index contributed by atoms with van der Waals surface area (Å²) in [6.07, 6.45) is 9.62. The number of ether oxygens (including phenoxy) is 2. The van der Waals surface area contributed by atoms with Crippen LogP contribution in [0.1, 0.15) is 46.5 Å². The number of carbonyl (C=O) groups excluding carboxylic acids is 1. The Morgan fingerprint density at radius 2 is 1.88 bits per heavy atom. The van der Waals surface area contributed by atoms with Gasteiger partial charge in [-0.3, -0.25) is 0 Å². The highest BCUT2D eigenvalue weighted by Crippen LogP contribution is 2.43. The molecule has 1 atom stereocenters. The van der Waals surface area contributed by atoms with Gasteiger partial charge in [0.25, 0.3) is 0 Å². The van der Waals surface area contributed by atoms with Crippen LogP contribution in [-0.2, 0) is 4.74 Å². The van der Waals surface area contributed by atoms with Gasteiger partial charge in [-0.25, -0.2) is 4.79 Å². The molecule has 0 bridgehead atoms. The molecular formula is C22H26O3. The van der Waals surface area contributed by atoms with E-state index in [0.717, 1.165) is 18.8 Å². The van der Waals surface area contributed by atoms with Gasteiger partial charge in [0.1, 0.15) is 11.5 Å². The standard InChI is InChI=1S/C22H26O3/c1-16-13-18(15-22(2,3)14-16)17-9-11-20(12-10-17)25-21(23)24-19-7-5-4-6-8-19/h4-9,11-12,16H,10,13-15H2,1-3H3. The Balaban J connectivity index is 1.60. The smallest absolute Gasteiger partial charge is 0.395 e. The van der Waals surface area contributed by atoms with E-state index < -0.39 is 6.16 Å². The van der Waals surface area contributed by atoms with E-state index in [1.54, 1.807) is 17.7 Å². The number of carbonyl (C=O) groups is 1. The fourth-order valence-electron chi connectivity index (χ4n) is 3.97. The van der Waals surface area contributed by atoms with E-state index in [2.05, 4.69) is 26.8 Å². The minimum atomic E-state index is -0.703. The molecular weight excluding hydrogens is 312 g/mol. The lowest BCUT2D eigenvalue weighted by atomic mass is 9.69. The summed E-state index contributed by atoms with van der Waals surface area (Å²) in [6.45, 7) is 7.03. The second kappa shape index (κ2) is 7.30. The van der Waals surface area contributed by atoms with Crippen molar-refractivity contribution in [3.8, 4) is 5.75 Å². The Hall–Kier alpha value is -2.29. The van der Waals surface area contributed by atoms with Gasteiger partial charge in [0, 0.05) is 0 Å². The quantitative estimate of drug-likeness (QED) is 0.476. The van der Waals surface area contributed by atoms with Crippen LogP contribution in [0.2, 0.25) is 0 Å². The molecule has 0 amide bonds. The lowest BCUT2D eigenvalue weighted by Crippen LogP contribution is -2.23. The van der Waals surface area contributed by atoms with Crippen LogP contribution in [0.15, 0.2) is 65.5 Å². The summed E-state index contributed by atoms with van der Waals surface area (Å²) in [5, 5.41) is 0. The summed E-state index contributed by atoms with van der Waals surface area (Å²) in [6, 6.07) is 8.94. The lowest BCUT2D eigenvalue weighted by Gasteiger charge is -2.36. The maximum Gasteiger partial charge on any atom is 0.519 e. The monoisotopic (exact) mass is 338 g/mol. The fourth-order valence-corrected chi connectivity index (χ4v) is 3.97. The largest absolute Gasteiger partial charge is 0.519 e. The van der Waals surface area contributed by atoms with Crippen LogP contribution in [0.3, 0.4) is 0 Å². The molecule has 3 heteroatoms. The first kappa shape index (κ1) is 17.5. The summed E-state index contributed by atoms with van der Waals surface area (Å²) in [4.78, 5) is 11.9. The van der Waals surface area contributed by atoms with Crippen molar-refractivity contribution in [3.05, 3.63) is 65.5 Å². The number of para-hydroxylation sites is 1. The third-order valence-electron chi connectivity index (χ3n) is 4.76. The normalized spacial score (nSPS) is 25.2. The van der Waals surface area contributed by atoms with Crippen molar-refractivity contribution >= 4 is 6.16 Å². The van der Waals surface area contributed by atoms with Crippen molar-refractivity contribution in [2.75, 3.05) is 0 Å². The van der Waals surface area contributed by atoms with Crippen molar-refractivity contribution in [1.29, 1.82) is 0 Å². The van der Waals surface area contributed by atoms with Gasteiger partial charge >= 0.3 is 6.16 Å². The van der Waals surface area contributed by atoms with Crippen LogP contribution in [0.4, 0.5) is 4.79 Å². The molecule has 0 aromatic heterocycles. The fraction of sp³-hybridized carbons (Fsp3) is 0.409. The molecule has 1 aromatic carbocycles. The molecule has 25 heavy (non-hydrogen) atoms. The summed E-state index contributed by atoms with van der Waals surface area (Å²) >= 11 is 0. The summed E-state index contributed by atoms with van der Waals surface area (Å²) < 4.78 is 10.4. The van der Waals surface area contributed by atoms with E-state index in [0.29, 0.717) is 16.9 Å². The summed E-state index contributed by atoms with van der Waals surface area (Å²) in [5.74, 6) is 1.75. The molecule has 0 heterocycles. The van der Waals surface area contributed by atoms with E-state index in [-0.39, 0.29) is 0 Å². The average Bonchev–Trinajstić information content (AvgIpc) is 2.54. The van der Waals surface area contributed by atoms with Crippen LogP contribution in [0.5, 0.6) is 5.75 Å². The van der Waals surface area contributed by atoms with E-state index in [9.17, 15) is 4.79 Å². The minimum Gasteiger partial charge on any atom is -0.395 e. The van der Waals surface area contributed by atoms with E-state index >= 15 is 0 Å². The van der Waals surface area contributed by atoms with E-state index in [1.165, 1.54) is 18.4 Å². The molecule has 132 valence electrons. The first-order valence-corrected chi connectivity index (χ1v) is 8.95. The second-order valence-corrected chi connectivity index (χ2v) is 7.89. The molecule has 2 aliphatic carbocycles. The van der Waals surface area contributed by atoms with Gasteiger partial charge in [-0.2, -0.15) is 0 Å². The molecule has 0 N–H and O–H groups in total. The van der Waals surface area contributed by atoms with Gasteiger partial charge in [0.15, 0.2) is 0 Å². The highest BCUT2D eigenvalue weighted by Gasteiger charge is 2.29. The van der Waals surface area contributed by atoms with Crippen molar-refractivity contribution in [2.24, 2.45) is 11.3 Å². The lowest BCUT2D eigenvalue weighted by molar-refractivity contribution is 0.129. The topological polar surface area (TPSA) is 35.5 Å². The Labute approximate surface area is 150 Å². The van der Waals surface area contributed by atoms with Gasteiger partial charge in [0.05, 0.1) is 0 Å². The minimum absolute atomic E-state index is 0.369. The molecule has 3 nitrogen and oxygen atoms in total. The van der Waals surface area contributed by atoms with E-state index in [1.807, 2.05) is 30.4 Å². The van der Waals surface area contributed by atoms with Crippen LogP contribution < -0.4 is 4.74 Å². The first-order valence-electron chi connectivity index (χ1n) is 8.95. The maximum absolute atomic E-state index is 11.9. The molecule has 0 saturated heterocycles. The average molecular weight is 338 g/mol. The molecule has 3 rings (SSSR count). The van der Waals surface area contributed by atoms with Crippen LogP contribution in [0, 0.1) is 11.3 Å². The van der Waals surface area contributed by atoms with Gasteiger partial charge in [-0.15, -0.1) is 0 Å². The zero-order chi connectivity index (χ0) is 17.9. The third-order valence-corrected chi connectivity index (χ3v) is 4.76. The zero-order valence-electron chi connectivity index (χ0n) is 15.2. The van der Waals surface area contributed by atoms with Gasteiger partial charge in [-0.05, 0) is 66.9 Å². The van der Waals surface area contributed by atoms with E-state index in [4.69, 9.17) is 9.47 Å². The number of benzene rings is 1. The number of rotatable bonds is 2. The number of allylic oxidation sites excluding steroid dienone is 5. The third kappa shape index (κ3) is 4.85. The maximum atomic E-state index is 11.9. The highest BCUT2D eigenvalue weighted by molar-refractivity contribution is 5.65. The SMILES string of the molecule is CC1CC(=C2C=CC(OC(=O)Oc3ccccc3)=CC2)CC(C)(C)C1. The van der Waals surface area contributed by atoms with Crippen molar-refractivity contribution in [1.82, 2.24) is 0 Å². The van der Waals surface area contributed by atoms with Crippen LogP contribution in [-0.4, -0.2) is 6.16 Å². The summed E-state index contributed by atoms with van der Waals surface area (Å²) in [5.41, 5.74) is 3.28. The number of hydrogen-bond acceptors (Lipinski definition) is 3. The molecule has 1 unspecified atom stereocenters. The molecule has 1 aromatic rings. The predicted octanol–water partition coefficient (Wildman–Crippen LogP) is 6.19. The van der Waals surface area contributed by atoms with Crippen LogP contribution >= 0.6 is 0 Å². The first-order chi connectivity index (χ1) is 11.9. The highest BCUT2D eigenvalue weighted by atomic mass is 16.7. The number of hydrogen-bond donors (Lipinski definition) is 0. The molecule has 2 aliphatic rings. The zero-order valence-corrected chi connectivity index (χ0v) is 15.2. The summed E-state index contributed by atoms with van der Waals surface area (Å²) in [7, 11) is 0. The van der Waals surface area contributed by atoms with Crippen LogP contribution in [0.25, 0.3) is 0 Å². The van der Waals surface area contributed by atoms with Crippen molar-refractivity contribution < 1.29 is 14.3 Å². The predicted molar refractivity (Wildman–Crippen MR) is 99.2 cm³/mol. The second-order valence-electron chi connectivity index (χ2n) is 7.89. The van der Waals surface area contributed by atoms with Gasteiger partial charge in [-0.1, -0.05) is 50.6 Å². The molecule has 0 radical (unpaired) electrons.